The summed E-state index contributed by atoms with van der Waals surface area (Å²) in [4.78, 5) is 18.1. The number of nitrogens with zero attached hydrogens (tertiary/aromatic N) is 2. The molecule has 0 unspecified atom stereocenters. The van der Waals surface area contributed by atoms with Gasteiger partial charge in [-0.3, -0.25) is 0 Å². The first-order valence-electron chi connectivity index (χ1n) is 8.20. The number of hydrogen-bond donors (Lipinski definition) is 1. The van der Waals surface area contributed by atoms with Crippen LogP contribution in [0.25, 0.3) is 20.8 Å². The Morgan fingerprint density at radius 2 is 2.08 bits per heavy atom. The highest BCUT2D eigenvalue weighted by atomic mass is 32.1. The molecule has 2 aromatic carbocycles. The molecule has 0 radical (unpaired) electrons. The zero-order valence-corrected chi connectivity index (χ0v) is 15.5. The average Bonchev–Trinajstić information content (AvgIpc) is 3.06. The van der Waals surface area contributed by atoms with E-state index in [4.69, 9.17) is 11.2 Å². The fourth-order valence-electron chi connectivity index (χ4n) is 2.41. The average molecular weight is 365 g/mol. The van der Waals surface area contributed by atoms with Gasteiger partial charge in [-0.1, -0.05) is 5.92 Å². The molecule has 0 fully saturated rings. The highest BCUT2D eigenvalue weighted by Gasteiger charge is 2.10. The maximum Gasteiger partial charge on any atom is 0.322 e. The predicted octanol–water partition coefficient (Wildman–Crippen LogP) is 4.46. The van der Waals surface area contributed by atoms with Gasteiger partial charge in [0.2, 0.25) is 0 Å². The first-order chi connectivity index (χ1) is 12.6. The summed E-state index contributed by atoms with van der Waals surface area (Å²) in [7, 11) is 1.65. The van der Waals surface area contributed by atoms with Crippen LogP contribution in [-0.2, 0) is 0 Å². The third kappa shape index (κ3) is 3.95. The number of aromatic nitrogens is 1. The first-order valence-corrected chi connectivity index (χ1v) is 9.01. The van der Waals surface area contributed by atoms with E-state index in [-0.39, 0.29) is 12.6 Å². The number of carbonyl (C=O) groups is 1. The van der Waals surface area contributed by atoms with Crippen LogP contribution in [0.15, 0.2) is 42.5 Å². The van der Waals surface area contributed by atoms with E-state index in [0.717, 1.165) is 26.5 Å². The van der Waals surface area contributed by atoms with Crippen LogP contribution in [0.2, 0.25) is 0 Å². The van der Waals surface area contributed by atoms with Gasteiger partial charge in [-0.25, -0.2) is 9.78 Å². The van der Waals surface area contributed by atoms with E-state index in [1.165, 1.54) is 4.90 Å². The Balaban J connectivity index is 1.77. The topological polar surface area (TPSA) is 54.5 Å². The normalized spacial score (nSPS) is 10.3. The molecule has 3 aromatic rings. The molecule has 1 aromatic heterocycles. The van der Waals surface area contributed by atoms with Crippen LogP contribution in [0.3, 0.4) is 0 Å². The summed E-state index contributed by atoms with van der Waals surface area (Å²) in [6.07, 6.45) is 5.22. The molecule has 0 aliphatic carbocycles. The zero-order valence-electron chi connectivity index (χ0n) is 14.7. The fraction of sp³-hybridized carbons (Fsp3) is 0.200. The van der Waals surface area contributed by atoms with Gasteiger partial charge in [0.05, 0.1) is 23.4 Å². The van der Waals surface area contributed by atoms with E-state index in [1.807, 2.05) is 49.4 Å². The number of thiazole rings is 1. The van der Waals surface area contributed by atoms with Crippen LogP contribution >= 0.6 is 11.3 Å². The number of rotatable bonds is 5. The van der Waals surface area contributed by atoms with Crippen molar-refractivity contribution in [2.24, 2.45) is 0 Å². The Bertz CT molecular complexity index is 957. The van der Waals surface area contributed by atoms with Gasteiger partial charge < -0.3 is 15.0 Å². The number of benzene rings is 2. The summed E-state index contributed by atoms with van der Waals surface area (Å²) in [5.74, 6) is 3.29. The third-order valence-corrected chi connectivity index (χ3v) is 4.80. The van der Waals surface area contributed by atoms with Crippen molar-refractivity contribution in [3.05, 3.63) is 42.5 Å². The third-order valence-electron chi connectivity index (χ3n) is 3.73. The number of urea groups is 1. The Kier molecular flexibility index (Phi) is 5.40. The van der Waals surface area contributed by atoms with Crippen LogP contribution in [0.5, 0.6) is 5.75 Å². The summed E-state index contributed by atoms with van der Waals surface area (Å²) in [5, 5.41) is 3.74. The monoisotopic (exact) mass is 365 g/mol. The van der Waals surface area contributed by atoms with E-state index in [0.29, 0.717) is 12.3 Å². The summed E-state index contributed by atoms with van der Waals surface area (Å²) in [5.41, 5.74) is 2.66. The van der Waals surface area contributed by atoms with E-state index in [2.05, 4.69) is 16.2 Å². The van der Waals surface area contributed by atoms with Gasteiger partial charge in [-0.15, -0.1) is 17.8 Å². The second-order valence-corrected chi connectivity index (χ2v) is 6.68. The molecule has 1 heterocycles. The highest BCUT2D eigenvalue weighted by Crippen LogP contribution is 2.32. The lowest BCUT2D eigenvalue weighted by atomic mass is 10.2. The van der Waals surface area contributed by atoms with E-state index < -0.39 is 0 Å². The van der Waals surface area contributed by atoms with Gasteiger partial charge in [0.15, 0.2) is 0 Å². The maximum absolute atomic E-state index is 12.0. The van der Waals surface area contributed by atoms with Crippen LogP contribution < -0.4 is 10.1 Å². The number of ether oxygens (including phenoxy) is 1. The molecule has 0 atom stereocenters. The van der Waals surface area contributed by atoms with Crippen molar-refractivity contribution in [1.82, 2.24) is 9.88 Å². The van der Waals surface area contributed by atoms with Crippen LogP contribution in [0.1, 0.15) is 6.92 Å². The Morgan fingerprint density at radius 3 is 2.77 bits per heavy atom. The summed E-state index contributed by atoms with van der Waals surface area (Å²) < 4.78 is 6.62. The summed E-state index contributed by atoms with van der Waals surface area (Å²) >= 11 is 1.61. The molecule has 6 heteroatoms. The quantitative estimate of drug-likeness (QED) is 0.679. The second-order valence-electron chi connectivity index (χ2n) is 5.65. The zero-order chi connectivity index (χ0) is 18.5. The number of carbonyl (C=O) groups excluding carboxylic acids is 1. The molecule has 0 aliphatic heterocycles. The van der Waals surface area contributed by atoms with Gasteiger partial charge in [0.25, 0.3) is 0 Å². The molecule has 1 N–H and O–H groups in total. The Hall–Kier alpha value is -3.04. The predicted molar refractivity (Wildman–Crippen MR) is 107 cm³/mol. The lowest BCUT2D eigenvalue weighted by Crippen LogP contribution is -2.31. The minimum absolute atomic E-state index is 0.237. The van der Waals surface area contributed by atoms with Gasteiger partial charge in [0, 0.05) is 18.3 Å². The Labute approximate surface area is 156 Å². The summed E-state index contributed by atoms with van der Waals surface area (Å²) in [6, 6.07) is 13.3. The van der Waals surface area contributed by atoms with Crippen molar-refractivity contribution in [2.75, 3.05) is 25.5 Å². The van der Waals surface area contributed by atoms with E-state index in [9.17, 15) is 4.79 Å². The van der Waals surface area contributed by atoms with Gasteiger partial charge in [0.1, 0.15) is 10.8 Å². The second kappa shape index (κ2) is 7.89. The fourth-order valence-corrected chi connectivity index (χ4v) is 3.41. The molecule has 2 amide bonds. The molecule has 0 spiro atoms. The van der Waals surface area contributed by atoms with Crippen molar-refractivity contribution >= 4 is 33.3 Å². The van der Waals surface area contributed by atoms with Crippen LogP contribution in [-0.4, -0.2) is 36.1 Å². The number of nitrogens with one attached hydrogen (secondary N) is 1. The van der Waals surface area contributed by atoms with Gasteiger partial charge in [-0.05, 0) is 49.4 Å². The van der Waals surface area contributed by atoms with Crippen LogP contribution in [0, 0.1) is 12.3 Å². The lowest BCUT2D eigenvalue weighted by Gasteiger charge is -2.14. The summed E-state index contributed by atoms with van der Waals surface area (Å²) in [6.45, 7) is 2.87. The molecule has 26 heavy (non-hydrogen) atoms. The molecule has 132 valence electrons. The minimum Gasteiger partial charge on any atom is -0.494 e. The minimum atomic E-state index is -0.237. The van der Waals surface area contributed by atoms with Crippen LogP contribution in [0.4, 0.5) is 10.5 Å². The maximum atomic E-state index is 12.0. The number of amides is 2. The van der Waals surface area contributed by atoms with Crippen molar-refractivity contribution < 1.29 is 9.53 Å². The largest absolute Gasteiger partial charge is 0.494 e. The molecule has 3 rings (SSSR count). The molecule has 0 saturated carbocycles. The van der Waals surface area contributed by atoms with Crippen molar-refractivity contribution in [3.63, 3.8) is 0 Å². The van der Waals surface area contributed by atoms with Crippen molar-refractivity contribution in [1.29, 1.82) is 0 Å². The number of anilines is 1. The SMILES string of the molecule is C#CCN(C)C(=O)Nc1ccc(-c2nc3ccc(OCC)cc3s2)cc1. The number of terminal acetylenes is 1. The highest BCUT2D eigenvalue weighted by molar-refractivity contribution is 7.21. The molecule has 0 saturated heterocycles. The molecular formula is C20H19N3O2S. The van der Waals surface area contributed by atoms with E-state index >= 15 is 0 Å². The van der Waals surface area contributed by atoms with Crippen molar-refractivity contribution in [3.8, 4) is 28.7 Å². The molecule has 0 aliphatic rings. The molecule has 0 bridgehead atoms. The van der Waals surface area contributed by atoms with Gasteiger partial charge in [-0.2, -0.15) is 0 Å². The van der Waals surface area contributed by atoms with Gasteiger partial charge >= 0.3 is 6.03 Å². The smallest absolute Gasteiger partial charge is 0.322 e. The first kappa shape index (κ1) is 17.8. The van der Waals surface area contributed by atoms with E-state index in [1.54, 1.807) is 18.4 Å². The Morgan fingerprint density at radius 1 is 1.31 bits per heavy atom. The lowest BCUT2D eigenvalue weighted by molar-refractivity contribution is 0.227. The molecule has 5 nitrogen and oxygen atoms in total. The standard InChI is InChI=1S/C20H19N3O2S/c1-4-12-23(3)20(24)21-15-8-6-14(7-9-15)19-22-17-11-10-16(25-5-2)13-18(17)26-19/h1,6-11,13H,5,12H2,2-3H3,(H,21,24). The van der Waals surface area contributed by atoms with Crippen molar-refractivity contribution in [2.45, 2.75) is 6.92 Å². The number of hydrogen-bond acceptors (Lipinski definition) is 4. The number of fused-ring (bicyclic) bond motifs is 1. The molecular weight excluding hydrogens is 346 g/mol.